The molecule has 0 unspecified atom stereocenters. The lowest BCUT2D eigenvalue weighted by molar-refractivity contribution is -0.156. The Morgan fingerprint density at radius 1 is 0.903 bits per heavy atom. The van der Waals surface area contributed by atoms with Crippen LogP contribution < -0.4 is 15.8 Å². The molecule has 0 aliphatic heterocycles. The predicted molar refractivity (Wildman–Crippen MR) is 116 cm³/mol. The number of carbonyl (C=O) groups excluding carboxylic acids is 3. The van der Waals surface area contributed by atoms with Gasteiger partial charge in [-0.25, -0.2) is 4.79 Å². The molecule has 7 heteroatoms. The number of nitrogens with one attached hydrogen (secondary N) is 1. The third-order valence-electron chi connectivity index (χ3n) is 4.41. The number of para-hydroxylation sites is 1. The van der Waals surface area contributed by atoms with E-state index < -0.39 is 30.5 Å². The van der Waals surface area contributed by atoms with Crippen molar-refractivity contribution in [3.63, 3.8) is 0 Å². The second-order valence-corrected chi connectivity index (χ2v) is 6.78. The summed E-state index contributed by atoms with van der Waals surface area (Å²) in [7, 11) is 0. The second-order valence-electron chi connectivity index (χ2n) is 6.78. The molecule has 31 heavy (non-hydrogen) atoms. The van der Waals surface area contributed by atoms with E-state index in [1.165, 1.54) is 12.1 Å². The smallest absolute Gasteiger partial charge is 0.345 e. The first-order chi connectivity index (χ1) is 14.9. The summed E-state index contributed by atoms with van der Waals surface area (Å²) in [5, 5.41) is 2.75. The summed E-state index contributed by atoms with van der Waals surface area (Å²) in [5.74, 6) is -1.79. The highest BCUT2D eigenvalue weighted by Crippen LogP contribution is 2.22. The lowest BCUT2D eigenvalue weighted by Crippen LogP contribution is -2.28. The quantitative estimate of drug-likeness (QED) is 0.545. The third-order valence-corrected chi connectivity index (χ3v) is 4.41. The Kier molecular flexibility index (Phi) is 7.01. The van der Waals surface area contributed by atoms with E-state index in [2.05, 4.69) is 5.32 Å². The van der Waals surface area contributed by atoms with E-state index in [1.54, 1.807) is 54.6 Å². The molecule has 1 atom stereocenters. The first-order valence-corrected chi connectivity index (χ1v) is 9.57. The fourth-order valence-corrected chi connectivity index (χ4v) is 2.84. The van der Waals surface area contributed by atoms with Crippen molar-refractivity contribution in [1.82, 2.24) is 0 Å². The summed E-state index contributed by atoms with van der Waals surface area (Å²) in [6.07, 6.45) is -1.18. The Morgan fingerprint density at radius 2 is 1.55 bits per heavy atom. The average Bonchev–Trinajstić information content (AvgIpc) is 2.78. The molecule has 3 N–H and O–H groups in total. The van der Waals surface area contributed by atoms with Crippen LogP contribution in [-0.4, -0.2) is 24.4 Å². The molecule has 0 saturated heterocycles. The highest BCUT2D eigenvalue weighted by Gasteiger charge is 2.25. The first-order valence-electron chi connectivity index (χ1n) is 9.57. The van der Waals surface area contributed by atoms with E-state index >= 15 is 0 Å². The molecule has 0 heterocycles. The largest absolute Gasteiger partial charge is 0.481 e. The van der Waals surface area contributed by atoms with Gasteiger partial charge >= 0.3 is 5.97 Å². The van der Waals surface area contributed by atoms with Crippen LogP contribution in [-0.2, 0) is 14.3 Å². The molecule has 0 radical (unpaired) electrons. The van der Waals surface area contributed by atoms with Crippen LogP contribution in [0.1, 0.15) is 27.6 Å². The number of carbonyl (C=O) groups is 3. The summed E-state index contributed by atoms with van der Waals surface area (Å²) in [6.45, 7) is 1.45. The zero-order chi connectivity index (χ0) is 22.2. The minimum atomic E-state index is -1.18. The van der Waals surface area contributed by atoms with Gasteiger partial charge in [0.15, 0.2) is 6.61 Å². The van der Waals surface area contributed by atoms with Gasteiger partial charge in [-0.2, -0.15) is 0 Å². The maximum Gasteiger partial charge on any atom is 0.345 e. The molecule has 158 valence electrons. The van der Waals surface area contributed by atoms with E-state index in [-0.39, 0.29) is 11.3 Å². The van der Waals surface area contributed by atoms with Crippen molar-refractivity contribution in [3.05, 3.63) is 95.6 Å². The zero-order valence-electron chi connectivity index (χ0n) is 16.9. The van der Waals surface area contributed by atoms with Gasteiger partial charge in [0.1, 0.15) is 5.75 Å². The molecule has 0 fully saturated rings. The fraction of sp³-hybridized carbons (Fsp3) is 0.125. The maximum absolute atomic E-state index is 12.9. The van der Waals surface area contributed by atoms with Crippen molar-refractivity contribution < 1.29 is 23.9 Å². The molecule has 0 aromatic heterocycles. The van der Waals surface area contributed by atoms with Gasteiger partial charge in [0.25, 0.3) is 11.8 Å². The highest BCUT2D eigenvalue weighted by molar-refractivity contribution is 5.96. The van der Waals surface area contributed by atoms with Gasteiger partial charge in [0, 0.05) is 11.3 Å². The number of anilines is 1. The van der Waals surface area contributed by atoms with Crippen molar-refractivity contribution in [2.24, 2.45) is 5.73 Å². The summed E-state index contributed by atoms with van der Waals surface area (Å²) in [4.78, 5) is 36.8. The van der Waals surface area contributed by atoms with Crippen LogP contribution in [0, 0.1) is 6.92 Å². The Hall–Kier alpha value is -4.13. The van der Waals surface area contributed by atoms with Crippen LogP contribution in [0.4, 0.5) is 5.69 Å². The Labute approximate surface area is 179 Å². The number of aryl methyl sites for hydroxylation is 1. The van der Waals surface area contributed by atoms with E-state index in [9.17, 15) is 14.4 Å². The van der Waals surface area contributed by atoms with Crippen molar-refractivity contribution in [1.29, 1.82) is 0 Å². The Morgan fingerprint density at radius 3 is 2.23 bits per heavy atom. The van der Waals surface area contributed by atoms with Crippen molar-refractivity contribution in [3.8, 4) is 5.75 Å². The van der Waals surface area contributed by atoms with E-state index in [1.807, 2.05) is 19.1 Å². The molecule has 0 aliphatic carbocycles. The molecule has 3 aromatic carbocycles. The molecule has 3 aromatic rings. The van der Waals surface area contributed by atoms with Crippen LogP contribution in [0.5, 0.6) is 5.75 Å². The number of hydrogen-bond donors (Lipinski definition) is 2. The van der Waals surface area contributed by atoms with Crippen LogP contribution in [0.15, 0.2) is 78.9 Å². The number of benzene rings is 3. The monoisotopic (exact) mass is 418 g/mol. The van der Waals surface area contributed by atoms with Crippen molar-refractivity contribution >= 4 is 23.5 Å². The number of amides is 2. The van der Waals surface area contributed by atoms with Crippen molar-refractivity contribution in [2.45, 2.75) is 13.0 Å². The van der Waals surface area contributed by atoms with E-state index in [0.29, 0.717) is 11.3 Å². The molecule has 0 aliphatic rings. The van der Waals surface area contributed by atoms with Crippen LogP contribution in [0.3, 0.4) is 0 Å². The van der Waals surface area contributed by atoms with Gasteiger partial charge < -0.3 is 20.5 Å². The lowest BCUT2D eigenvalue weighted by Gasteiger charge is -2.18. The predicted octanol–water partition coefficient (Wildman–Crippen LogP) is 3.40. The van der Waals surface area contributed by atoms with Gasteiger partial charge in [0.2, 0.25) is 6.10 Å². The molecule has 0 bridgehead atoms. The Balaban J connectivity index is 1.71. The number of nitrogens with two attached hydrogens (primary N) is 1. The number of hydrogen-bond acceptors (Lipinski definition) is 5. The van der Waals surface area contributed by atoms with Gasteiger partial charge in [-0.15, -0.1) is 0 Å². The van der Waals surface area contributed by atoms with E-state index in [4.69, 9.17) is 15.2 Å². The number of esters is 1. The molecule has 3 rings (SSSR count). The van der Waals surface area contributed by atoms with Crippen molar-refractivity contribution in [2.75, 3.05) is 11.9 Å². The summed E-state index contributed by atoms with van der Waals surface area (Å²) < 4.78 is 10.8. The lowest BCUT2D eigenvalue weighted by atomic mass is 10.1. The molecular formula is C24H22N2O5. The first kappa shape index (κ1) is 21.6. The topological polar surface area (TPSA) is 108 Å². The third kappa shape index (κ3) is 5.93. The molecule has 2 amide bonds. The SMILES string of the molecule is Cc1ccc(NC(=O)[C@H](OC(=O)COc2ccccc2C(N)=O)c2ccccc2)cc1. The average molecular weight is 418 g/mol. The summed E-state index contributed by atoms with van der Waals surface area (Å²) in [5.41, 5.74) is 7.61. The number of rotatable bonds is 8. The molecule has 0 saturated carbocycles. The summed E-state index contributed by atoms with van der Waals surface area (Å²) in [6, 6.07) is 22.2. The van der Waals surface area contributed by atoms with Gasteiger partial charge in [0.05, 0.1) is 5.56 Å². The highest BCUT2D eigenvalue weighted by atomic mass is 16.6. The molecule has 0 spiro atoms. The van der Waals surface area contributed by atoms with Gasteiger partial charge in [-0.05, 0) is 31.2 Å². The van der Waals surface area contributed by atoms with Gasteiger partial charge in [-0.3, -0.25) is 9.59 Å². The molecule has 7 nitrogen and oxygen atoms in total. The summed E-state index contributed by atoms with van der Waals surface area (Å²) >= 11 is 0. The standard InChI is InChI=1S/C24H22N2O5/c1-16-11-13-18(14-12-16)26-24(29)22(17-7-3-2-4-8-17)31-21(27)15-30-20-10-6-5-9-19(20)23(25)28/h2-14,22H,15H2,1H3,(H2,25,28)(H,26,29)/t22-/m1/s1. The fourth-order valence-electron chi connectivity index (χ4n) is 2.84. The van der Waals surface area contributed by atoms with Crippen LogP contribution in [0.25, 0.3) is 0 Å². The minimum absolute atomic E-state index is 0.145. The Bertz CT molecular complexity index is 1060. The minimum Gasteiger partial charge on any atom is -0.481 e. The van der Waals surface area contributed by atoms with Crippen LogP contribution in [0.2, 0.25) is 0 Å². The second kappa shape index (κ2) is 10.1. The van der Waals surface area contributed by atoms with Gasteiger partial charge in [-0.1, -0.05) is 60.2 Å². The number of primary amides is 1. The molecular weight excluding hydrogens is 396 g/mol. The normalized spacial score (nSPS) is 11.3. The maximum atomic E-state index is 12.9. The number of ether oxygens (including phenoxy) is 2. The zero-order valence-corrected chi connectivity index (χ0v) is 16.9. The van der Waals surface area contributed by atoms with E-state index in [0.717, 1.165) is 5.56 Å². The van der Waals surface area contributed by atoms with Crippen LogP contribution >= 0.6 is 0 Å².